The minimum atomic E-state index is -4.36. The molecule has 0 unspecified atom stereocenters. The average molecular weight is 503 g/mol. The quantitative estimate of drug-likeness (QED) is 0.332. The van der Waals surface area contributed by atoms with E-state index in [0.29, 0.717) is 24.5 Å². The van der Waals surface area contributed by atoms with Gasteiger partial charge in [0.1, 0.15) is 19.0 Å². The van der Waals surface area contributed by atoms with E-state index < -0.39 is 12.8 Å². The molecule has 36 heavy (non-hydrogen) atoms. The fraction of sp³-hybridized carbons (Fsp3) is 0.429. The number of alkyl halides is 3. The monoisotopic (exact) mass is 502 g/mol. The van der Waals surface area contributed by atoms with Gasteiger partial charge in [0, 0.05) is 44.0 Å². The highest BCUT2D eigenvalue weighted by molar-refractivity contribution is 5.86. The van der Waals surface area contributed by atoms with Crippen molar-refractivity contribution in [1.29, 1.82) is 0 Å². The van der Waals surface area contributed by atoms with Crippen LogP contribution in [0.1, 0.15) is 30.5 Å². The summed E-state index contributed by atoms with van der Waals surface area (Å²) in [5.74, 6) is 0.593. The van der Waals surface area contributed by atoms with E-state index in [9.17, 15) is 13.2 Å². The molecule has 1 aliphatic rings. The van der Waals surface area contributed by atoms with Crippen molar-refractivity contribution >= 4 is 16.5 Å². The smallest absolute Gasteiger partial charge is 0.411 e. The molecule has 0 aliphatic carbocycles. The molecule has 4 rings (SSSR count). The number of hydrogen-bond donors (Lipinski definition) is 1. The Labute approximate surface area is 210 Å². The first-order valence-corrected chi connectivity index (χ1v) is 12.2. The standard InChI is InChI=1S/C28H33F3N2O3/c1-20(26-9-5-7-22-6-3-4-8-27(22)26)32-23-10-11-33(17-23)24-14-21(18-35-19-28(29,30)31)15-25(16-24)36-13-12-34-2/h3-9,14-16,20,23,32H,10-13,17-19H2,1-2H3/t20-,23+/m1/s1. The number of methoxy groups -OCH3 is 1. The number of ether oxygens (including phenoxy) is 3. The zero-order chi connectivity index (χ0) is 25.5. The van der Waals surface area contributed by atoms with Gasteiger partial charge in [0.25, 0.3) is 0 Å². The van der Waals surface area contributed by atoms with Gasteiger partial charge in [-0.05, 0) is 47.4 Å². The third kappa shape index (κ3) is 7.12. The number of nitrogens with one attached hydrogen (secondary N) is 1. The summed E-state index contributed by atoms with van der Waals surface area (Å²) in [6, 6.07) is 20.8. The minimum Gasteiger partial charge on any atom is -0.491 e. The molecule has 1 fully saturated rings. The van der Waals surface area contributed by atoms with Gasteiger partial charge in [-0.2, -0.15) is 13.2 Å². The van der Waals surface area contributed by atoms with E-state index >= 15 is 0 Å². The number of fused-ring (bicyclic) bond motifs is 1. The number of rotatable bonds is 11. The van der Waals surface area contributed by atoms with Crippen molar-refractivity contribution in [2.24, 2.45) is 0 Å². The third-order valence-corrected chi connectivity index (χ3v) is 6.37. The molecule has 0 aromatic heterocycles. The summed E-state index contributed by atoms with van der Waals surface area (Å²) in [4.78, 5) is 2.24. The summed E-state index contributed by atoms with van der Waals surface area (Å²) >= 11 is 0. The second kappa shape index (κ2) is 12.0. The number of benzene rings is 3. The van der Waals surface area contributed by atoms with E-state index in [-0.39, 0.29) is 18.7 Å². The summed E-state index contributed by atoms with van der Waals surface area (Å²) in [6.45, 7) is 3.18. The van der Waals surface area contributed by atoms with Crippen LogP contribution < -0.4 is 15.0 Å². The SMILES string of the molecule is COCCOc1cc(COCC(F)(F)F)cc(N2CC[C@H](N[C@H](C)c3cccc4ccccc34)C2)c1. The molecule has 3 aromatic rings. The molecule has 1 aliphatic heterocycles. The number of anilines is 1. The molecule has 194 valence electrons. The molecule has 0 spiro atoms. The lowest BCUT2D eigenvalue weighted by molar-refractivity contribution is -0.176. The summed E-state index contributed by atoms with van der Waals surface area (Å²) in [7, 11) is 1.59. The highest BCUT2D eigenvalue weighted by Gasteiger charge is 2.28. The molecule has 1 N–H and O–H groups in total. The topological polar surface area (TPSA) is 43.0 Å². The van der Waals surface area contributed by atoms with Crippen LogP contribution in [0.15, 0.2) is 60.7 Å². The number of halogens is 3. The first kappa shape index (κ1) is 26.3. The zero-order valence-corrected chi connectivity index (χ0v) is 20.7. The Kier molecular flexibility index (Phi) is 8.72. The van der Waals surface area contributed by atoms with Gasteiger partial charge in [-0.25, -0.2) is 0 Å². The van der Waals surface area contributed by atoms with Crippen LogP contribution in [0.3, 0.4) is 0 Å². The first-order valence-electron chi connectivity index (χ1n) is 12.2. The fourth-order valence-electron chi connectivity index (χ4n) is 4.72. The second-order valence-corrected chi connectivity index (χ2v) is 9.17. The van der Waals surface area contributed by atoms with Gasteiger partial charge in [-0.3, -0.25) is 0 Å². The van der Waals surface area contributed by atoms with Crippen molar-refractivity contribution in [3.8, 4) is 5.75 Å². The zero-order valence-electron chi connectivity index (χ0n) is 20.7. The van der Waals surface area contributed by atoms with Crippen LogP contribution in [-0.4, -0.2) is 52.2 Å². The van der Waals surface area contributed by atoms with Gasteiger partial charge in [-0.1, -0.05) is 42.5 Å². The summed E-state index contributed by atoms with van der Waals surface area (Å²) in [5, 5.41) is 6.24. The molecule has 0 saturated carbocycles. The molecular weight excluding hydrogens is 469 g/mol. The van der Waals surface area contributed by atoms with Crippen LogP contribution in [-0.2, 0) is 16.1 Å². The van der Waals surface area contributed by atoms with Gasteiger partial charge in [-0.15, -0.1) is 0 Å². The van der Waals surface area contributed by atoms with Crippen LogP contribution >= 0.6 is 0 Å². The fourth-order valence-corrected chi connectivity index (χ4v) is 4.72. The third-order valence-electron chi connectivity index (χ3n) is 6.37. The second-order valence-electron chi connectivity index (χ2n) is 9.17. The van der Waals surface area contributed by atoms with Crippen molar-refractivity contribution in [1.82, 2.24) is 5.32 Å². The highest BCUT2D eigenvalue weighted by Crippen LogP contribution is 2.30. The lowest BCUT2D eigenvalue weighted by Gasteiger charge is -2.24. The highest BCUT2D eigenvalue weighted by atomic mass is 19.4. The first-order chi connectivity index (χ1) is 17.3. The van der Waals surface area contributed by atoms with Crippen LogP contribution in [0.4, 0.5) is 18.9 Å². The Morgan fingerprint density at radius 1 is 1.06 bits per heavy atom. The Morgan fingerprint density at radius 2 is 1.86 bits per heavy atom. The Hall–Kier alpha value is -2.81. The van der Waals surface area contributed by atoms with Crippen LogP contribution in [0.5, 0.6) is 5.75 Å². The predicted octanol–water partition coefficient (Wildman–Crippen LogP) is 5.87. The molecular formula is C28H33F3N2O3. The van der Waals surface area contributed by atoms with Crippen molar-refractivity contribution in [2.75, 3.05) is 44.9 Å². The lowest BCUT2D eigenvalue weighted by Crippen LogP contribution is -2.34. The van der Waals surface area contributed by atoms with Gasteiger partial charge in [0.15, 0.2) is 0 Å². The molecule has 1 saturated heterocycles. The summed E-state index contributed by atoms with van der Waals surface area (Å²) in [6.07, 6.45) is -3.40. The maximum Gasteiger partial charge on any atom is 0.411 e. The van der Waals surface area contributed by atoms with E-state index in [1.807, 2.05) is 12.1 Å². The summed E-state index contributed by atoms with van der Waals surface area (Å²) < 4.78 is 53.4. The molecule has 0 amide bonds. The van der Waals surface area contributed by atoms with Crippen molar-refractivity contribution < 1.29 is 27.4 Å². The van der Waals surface area contributed by atoms with Crippen LogP contribution in [0.2, 0.25) is 0 Å². The van der Waals surface area contributed by atoms with Crippen molar-refractivity contribution in [3.05, 3.63) is 71.8 Å². The Morgan fingerprint density at radius 3 is 2.67 bits per heavy atom. The summed E-state index contributed by atoms with van der Waals surface area (Å²) in [5.41, 5.74) is 2.83. The maximum absolute atomic E-state index is 12.5. The largest absolute Gasteiger partial charge is 0.491 e. The van der Waals surface area contributed by atoms with Crippen LogP contribution in [0.25, 0.3) is 10.8 Å². The van der Waals surface area contributed by atoms with Gasteiger partial charge < -0.3 is 24.4 Å². The molecule has 3 aromatic carbocycles. The van der Waals surface area contributed by atoms with Crippen molar-refractivity contribution in [2.45, 2.75) is 38.2 Å². The van der Waals surface area contributed by atoms with Gasteiger partial charge in [0.05, 0.1) is 13.2 Å². The minimum absolute atomic E-state index is 0.137. The molecule has 8 heteroatoms. The molecule has 2 atom stereocenters. The van der Waals surface area contributed by atoms with E-state index in [4.69, 9.17) is 14.2 Å². The van der Waals surface area contributed by atoms with E-state index in [1.54, 1.807) is 13.2 Å². The average Bonchev–Trinajstić information content (AvgIpc) is 3.31. The van der Waals surface area contributed by atoms with Gasteiger partial charge in [0.2, 0.25) is 0 Å². The predicted molar refractivity (Wildman–Crippen MR) is 136 cm³/mol. The normalized spacial score (nSPS) is 17.0. The molecule has 5 nitrogen and oxygen atoms in total. The molecule has 0 bridgehead atoms. The Balaban J connectivity index is 1.43. The van der Waals surface area contributed by atoms with Gasteiger partial charge >= 0.3 is 6.18 Å². The van der Waals surface area contributed by atoms with Crippen molar-refractivity contribution in [3.63, 3.8) is 0 Å². The molecule has 0 radical (unpaired) electrons. The number of nitrogens with zero attached hydrogens (tertiary/aromatic N) is 1. The van der Waals surface area contributed by atoms with E-state index in [2.05, 4.69) is 59.6 Å². The van der Waals surface area contributed by atoms with E-state index in [1.165, 1.54) is 16.3 Å². The number of hydrogen-bond acceptors (Lipinski definition) is 5. The van der Waals surface area contributed by atoms with E-state index in [0.717, 1.165) is 25.2 Å². The Bertz CT molecular complexity index is 1130. The van der Waals surface area contributed by atoms with Crippen LogP contribution in [0, 0.1) is 0 Å². The molecule has 1 heterocycles. The maximum atomic E-state index is 12.5. The lowest BCUT2D eigenvalue weighted by atomic mass is 9.99.